The van der Waals surface area contributed by atoms with Gasteiger partial charge < -0.3 is 30.7 Å². The van der Waals surface area contributed by atoms with Crippen molar-refractivity contribution in [1.29, 1.82) is 0 Å². The molecule has 6 atom stereocenters. The zero-order chi connectivity index (χ0) is 39.2. The highest BCUT2D eigenvalue weighted by atomic mass is 16.6. The van der Waals surface area contributed by atoms with Crippen molar-refractivity contribution < 1.29 is 33.4 Å². The van der Waals surface area contributed by atoms with E-state index in [0.717, 1.165) is 42.4 Å². The van der Waals surface area contributed by atoms with E-state index in [4.69, 9.17) is 9.47 Å². The maximum Gasteiger partial charge on any atom is 0.408 e. The Labute approximate surface area is 324 Å². The molecule has 3 aromatic carbocycles. The Bertz CT molecular complexity index is 1710. The van der Waals surface area contributed by atoms with Crippen molar-refractivity contribution in [2.45, 2.75) is 96.4 Å². The monoisotopic (exact) mass is 752 g/mol. The highest BCUT2D eigenvalue weighted by molar-refractivity contribution is 5.89. The van der Waals surface area contributed by atoms with E-state index in [2.05, 4.69) is 21.3 Å². The number of hydrogen-bond acceptors (Lipinski definition) is 7. The minimum Gasteiger partial charge on any atom is -0.461 e. The van der Waals surface area contributed by atoms with Crippen molar-refractivity contribution in [2.75, 3.05) is 13.1 Å². The van der Waals surface area contributed by atoms with Gasteiger partial charge in [-0.2, -0.15) is 0 Å². The van der Waals surface area contributed by atoms with E-state index >= 15 is 0 Å². The smallest absolute Gasteiger partial charge is 0.408 e. The molecule has 2 aliphatic rings. The fraction of sp³-hybridized carbons (Fsp3) is 0.477. The third-order valence-corrected chi connectivity index (χ3v) is 10.5. The number of benzene rings is 3. The van der Waals surface area contributed by atoms with E-state index in [0.29, 0.717) is 25.8 Å². The standard InChI is InChI=1S/C44H56N4O7/c1-44(2,3)55-43(53)48-38(26-31-17-9-5-10-18-31)41(51)45-27-33-21-13-23-35(33)39(49)47-37(25-30-15-7-4-8-16-30)40(50)46-28-34-22-14-24-36(34)42(52)54-29-32-19-11-6-12-20-32/h4-12,15-20,33-38H,13-14,21-29H2,1-3H3,(H,45,51)(H,46,50)(H,47,49)(H,48,53)/t33-,34-,35+,36+,37+,38+/m0/s1. The average Bonchev–Trinajstić information content (AvgIpc) is 3.85. The summed E-state index contributed by atoms with van der Waals surface area (Å²) in [7, 11) is 0. The fourth-order valence-corrected chi connectivity index (χ4v) is 7.61. The number of amides is 4. The first-order valence-electron chi connectivity index (χ1n) is 19.6. The van der Waals surface area contributed by atoms with E-state index in [9.17, 15) is 24.0 Å². The fourth-order valence-electron chi connectivity index (χ4n) is 7.61. The summed E-state index contributed by atoms with van der Waals surface area (Å²) < 4.78 is 11.1. The molecule has 0 bridgehead atoms. The van der Waals surface area contributed by atoms with Crippen LogP contribution in [0.2, 0.25) is 0 Å². The van der Waals surface area contributed by atoms with Crippen LogP contribution >= 0.6 is 0 Å². The maximum absolute atomic E-state index is 13.9. The summed E-state index contributed by atoms with van der Waals surface area (Å²) in [5.74, 6) is -2.06. The lowest BCUT2D eigenvalue weighted by Gasteiger charge is -2.26. The molecule has 4 amide bonds. The number of alkyl carbamates (subject to hydrolysis) is 1. The first kappa shape index (κ1) is 41.0. The van der Waals surface area contributed by atoms with Crippen molar-refractivity contribution >= 4 is 29.8 Å². The van der Waals surface area contributed by atoms with Crippen molar-refractivity contribution in [3.05, 3.63) is 108 Å². The lowest BCUT2D eigenvalue weighted by Crippen LogP contribution is -2.52. The summed E-state index contributed by atoms with van der Waals surface area (Å²) in [6.45, 7) is 6.05. The lowest BCUT2D eigenvalue weighted by atomic mass is 9.93. The van der Waals surface area contributed by atoms with E-state index < -0.39 is 29.7 Å². The van der Waals surface area contributed by atoms with E-state index in [1.807, 2.05) is 91.0 Å². The van der Waals surface area contributed by atoms with Crippen LogP contribution in [-0.2, 0) is 48.1 Å². The third-order valence-electron chi connectivity index (χ3n) is 10.5. The minimum atomic E-state index is -0.880. The molecule has 0 spiro atoms. The molecular weight excluding hydrogens is 697 g/mol. The normalized spacial score (nSPS) is 20.4. The van der Waals surface area contributed by atoms with Crippen LogP contribution in [-0.4, -0.2) is 60.6 Å². The summed E-state index contributed by atoms with van der Waals surface area (Å²) in [5, 5.41) is 11.8. The molecule has 55 heavy (non-hydrogen) atoms. The van der Waals surface area contributed by atoms with Gasteiger partial charge in [-0.3, -0.25) is 19.2 Å². The number of rotatable bonds is 16. The first-order chi connectivity index (χ1) is 26.4. The Morgan fingerprint density at radius 3 is 1.58 bits per heavy atom. The first-order valence-corrected chi connectivity index (χ1v) is 19.6. The van der Waals surface area contributed by atoms with Gasteiger partial charge in [-0.1, -0.05) is 104 Å². The molecule has 11 nitrogen and oxygen atoms in total. The van der Waals surface area contributed by atoms with Gasteiger partial charge in [0.1, 0.15) is 24.3 Å². The molecule has 2 fully saturated rings. The highest BCUT2D eigenvalue weighted by Crippen LogP contribution is 2.33. The summed E-state index contributed by atoms with van der Waals surface area (Å²) >= 11 is 0. The summed E-state index contributed by atoms with van der Waals surface area (Å²) in [5.41, 5.74) is 1.98. The Kier molecular flexibility index (Phi) is 14.9. The van der Waals surface area contributed by atoms with Gasteiger partial charge in [0.05, 0.1) is 5.92 Å². The van der Waals surface area contributed by atoms with Gasteiger partial charge in [0, 0.05) is 31.8 Å². The number of nitrogens with one attached hydrogen (secondary N) is 4. The number of carbonyl (C=O) groups excluding carboxylic acids is 5. The number of hydrogen-bond donors (Lipinski definition) is 4. The van der Waals surface area contributed by atoms with E-state index in [1.54, 1.807) is 20.8 Å². The molecular formula is C44H56N4O7. The average molecular weight is 753 g/mol. The molecule has 0 radical (unpaired) electrons. The second kappa shape index (κ2) is 19.9. The molecule has 11 heteroatoms. The van der Waals surface area contributed by atoms with Crippen LogP contribution in [0.1, 0.15) is 76.0 Å². The van der Waals surface area contributed by atoms with Crippen LogP contribution in [0.5, 0.6) is 0 Å². The van der Waals surface area contributed by atoms with Crippen molar-refractivity contribution in [2.24, 2.45) is 23.7 Å². The molecule has 0 heterocycles. The second-order valence-corrected chi connectivity index (χ2v) is 15.8. The largest absolute Gasteiger partial charge is 0.461 e. The van der Waals surface area contributed by atoms with Crippen LogP contribution in [0.15, 0.2) is 91.0 Å². The molecule has 0 unspecified atom stereocenters. The molecule has 2 saturated carbocycles. The quantitative estimate of drug-likeness (QED) is 0.138. The molecule has 3 aromatic rings. The molecule has 4 N–H and O–H groups in total. The SMILES string of the molecule is CC(C)(C)OC(=O)N[C@H](Cc1ccccc1)C(=O)NC[C@@H]1CCC[C@H]1C(=O)N[C@H](Cc1ccccc1)C(=O)NC[C@@H]1CCC[C@H]1C(=O)OCc1ccccc1. The van der Waals surface area contributed by atoms with Gasteiger partial charge >= 0.3 is 12.1 Å². The molecule has 0 aromatic heterocycles. The van der Waals surface area contributed by atoms with Gasteiger partial charge in [0.2, 0.25) is 17.7 Å². The van der Waals surface area contributed by atoms with Gasteiger partial charge in [-0.15, -0.1) is 0 Å². The van der Waals surface area contributed by atoms with Crippen LogP contribution in [0.25, 0.3) is 0 Å². The van der Waals surface area contributed by atoms with E-state index in [1.165, 1.54) is 0 Å². The van der Waals surface area contributed by atoms with Crippen molar-refractivity contribution in [3.8, 4) is 0 Å². The topological polar surface area (TPSA) is 152 Å². The van der Waals surface area contributed by atoms with Gasteiger partial charge in [-0.05, 0) is 75.0 Å². The Morgan fingerprint density at radius 1 is 0.618 bits per heavy atom. The van der Waals surface area contributed by atoms with Crippen LogP contribution in [0.3, 0.4) is 0 Å². The third kappa shape index (κ3) is 13.0. The van der Waals surface area contributed by atoms with Gasteiger partial charge in [-0.25, -0.2) is 4.79 Å². The Balaban J connectivity index is 1.18. The number of esters is 1. The number of carbonyl (C=O) groups is 5. The zero-order valence-corrected chi connectivity index (χ0v) is 32.3. The van der Waals surface area contributed by atoms with Crippen molar-refractivity contribution in [1.82, 2.24) is 21.3 Å². The Hall–Kier alpha value is -5.19. The number of ether oxygens (including phenoxy) is 2. The highest BCUT2D eigenvalue weighted by Gasteiger charge is 2.37. The minimum absolute atomic E-state index is 0.0568. The molecule has 5 rings (SSSR count). The van der Waals surface area contributed by atoms with Gasteiger partial charge in [0.15, 0.2) is 0 Å². The van der Waals surface area contributed by atoms with Gasteiger partial charge in [0.25, 0.3) is 0 Å². The summed E-state index contributed by atoms with van der Waals surface area (Å²) in [6.07, 6.45) is 4.45. The zero-order valence-electron chi connectivity index (χ0n) is 32.3. The maximum atomic E-state index is 13.9. The van der Waals surface area contributed by atoms with Crippen molar-refractivity contribution in [3.63, 3.8) is 0 Å². The predicted octanol–water partition coefficient (Wildman–Crippen LogP) is 5.66. The molecule has 0 aliphatic heterocycles. The second-order valence-electron chi connectivity index (χ2n) is 15.8. The van der Waals surface area contributed by atoms with Crippen LogP contribution in [0.4, 0.5) is 4.79 Å². The Morgan fingerprint density at radius 2 is 1.07 bits per heavy atom. The summed E-state index contributed by atoms with van der Waals surface area (Å²) in [6, 6.07) is 26.8. The molecule has 0 saturated heterocycles. The molecule has 2 aliphatic carbocycles. The van der Waals surface area contributed by atoms with E-state index in [-0.39, 0.29) is 61.0 Å². The lowest BCUT2D eigenvalue weighted by molar-refractivity contribution is -0.151. The summed E-state index contributed by atoms with van der Waals surface area (Å²) in [4.78, 5) is 67.0. The van der Waals surface area contributed by atoms with Crippen LogP contribution < -0.4 is 21.3 Å². The molecule has 294 valence electrons. The van der Waals surface area contributed by atoms with Crippen LogP contribution in [0, 0.1) is 23.7 Å². The predicted molar refractivity (Wildman–Crippen MR) is 209 cm³/mol.